The summed E-state index contributed by atoms with van der Waals surface area (Å²) in [5.74, 6) is -0.228. The number of hydrogen-bond donors (Lipinski definition) is 0. The third-order valence-electron chi connectivity index (χ3n) is 5.04. The van der Waals surface area contributed by atoms with Gasteiger partial charge in [-0.25, -0.2) is 4.79 Å². The van der Waals surface area contributed by atoms with E-state index in [-0.39, 0.29) is 11.5 Å². The summed E-state index contributed by atoms with van der Waals surface area (Å²) in [7, 11) is 0. The second kappa shape index (κ2) is 7.32. The Morgan fingerprint density at radius 3 is 2.63 bits per heavy atom. The number of hydrogen-bond acceptors (Lipinski definition) is 6. The Balaban J connectivity index is 1.53. The molecule has 0 atom stereocenters. The van der Waals surface area contributed by atoms with Crippen LogP contribution in [0.25, 0.3) is 11.0 Å². The van der Waals surface area contributed by atoms with Crippen LogP contribution in [0.15, 0.2) is 33.5 Å². The lowest BCUT2D eigenvalue weighted by Crippen LogP contribution is -2.48. The van der Waals surface area contributed by atoms with Crippen LogP contribution in [0.4, 0.5) is 0 Å². The summed E-state index contributed by atoms with van der Waals surface area (Å²) in [5, 5.41) is 0.692. The highest BCUT2D eigenvalue weighted by Crippen LogP contribution is 2.31. The Bertz CT molecular complexity index is 889. The zero-order chi connectivity index (χ0) is 18.9. The summed E-state index contributed by atoms with van der Waals surface area (Å²) < 4.78 is 22.3. The summed E-state index contributed by atoms with van der Waals surface area (Å²) in [6.07, 6.45) is 2.11. The fourth-order valence-electron chi connectivity index (χ4n) is 3.56. The van der Waals surface area contributed by atoms with E-state index >= 15 is 0 Å². The van der Waals surface area contributed by atoms with Gasteiger partial charge < -0.3 is 23.5 Å². The summed E-state index contributed by atoms with van der Waals surface area (Å²) in [5.41, 5.74) is -0.168. The van der Waals surface area contributed by atoms with E-state index in [1.54, 1.807) is 23.1 Å². The van der Waals surface area contributed by atoms with E-state index in [1.807, 2.05) is 13.0 Å². The van der Waals surface area contributed by atoms with Gasteiger partial charge in [-0.2, -0.15) is 0 Å². The van der Waals surface area contributed by atoms with Gasteiger partial charge in [0.1, 0.15) is 16.9 Å². The number of carbonyl (C=O) groups is 1. The molecule has 2 fully saturated rings. The van der Waals surface area contributed by atoms with Crippen molar-refractivity contribution in [1.29, 1.82) is 0 Å². The third-order valence-corrected chi connectivity index (χ3v) is 5.04. The Labute approximate surface area is 156 Å². The van der Waals surface area contributed by atoms with E-state index in [0.29, 0.717) is 62.5 Å². The van der Waals surface area contributed by atoms with Crippen LogP contribution in [0.2, 0.25) is 0 Å². The van der Waals surface area contributed by atoms with Crippen LogP contribution in [-0.2, 0) is 9.47 Å². The maximum atomic E-state index is 12.8. The van der Waals surface area contributed by atoms with E-state index in [4.69, 9.17) is 18.6 Å². The molecule has 1 aromatic carbocycles. The molecule has 0 unspecified atom stereocenters. The van der Waals surface area contributed by atoms with Crippen LogP contribution in [-0.4, -0.2) is 49.5 Å². The Hall–Kier alpha value is -2.38. The Kier molecular flexibility index (Phi) is 4.88. The molecule has 4 rings (SSSR count). The molecule has 2 aliphatic heterocycles. The first-order valence-electron chi connectivity index (χ1n) is 9.38. The molecule has 0 aliphatic carbocycles. The van der Waals surface area contributed by atoms with Gasteiger partial charge in [-0.15, -0.1) is 0 Å². The van der Waals surface area contributed by atoms with E-state index < -0.39 is 11.4 Å². The summed E-state index contributed by atoms with van der Waals surface area (Å²) in [4.78, 5) is 26.9. The number of benzene rings is 1. The predicted octanol–water partition coefficient (Wildman–Crippen LogP) is 2.56. The molecule has 144 valence electrons. The quantitative estimate of drug-likeness (QED) is 0.767. The Morgan fingerprint density at radius 2 is 1.93 bits per heavy atom. The van der Waals surface area contributed by atoms with Gasteiger partial charge in [-0.1, -0.05) is 6.92 Å². The van der Waals surface area contributed by atoms with E-state index in [9.17, 15) is 9.59 Å². The van der Waals surface area contributed by atoms with E-state index in [1.165, 1.54) is 0 Å². The van der Waals surface area contributed by atoms with Gasteiger partial charge in [0.25, 0.3) is 5.91 Å². The Morgan fingerprint density at radius 1 is 1.19 bits per heavy atom. The lowest BCUT2D eigenvalue weighted by atomic mass is 10.0. The second-order valence-corrected chi connectivity index (χ2v) is 6.90. The molecule has 1 aromatic heterocycles. The minimum absolute atomic E-state index is 0.0499. The largest absolute Gasteiger partial charge is 0.493 e. The van der Waals surface area contributed by atoms with Crippen molar-refractivity contribution < 1.29 is 23.4 Å². The molecule has 27 heavy (non-hydrogen) atoms. The third kappa shape index (κ3) is 3.57. The van der Waals surface area contributed by atoms with Crippen molar-refractivity contribution in [2.24, 2.45) is 0 Å². The molecule has 0 radical (unpaired) electrons. The zero-order valence-electron chi connectivity index (χ0n) is 15.4. The fourth-order valence-corrected chi connectivity index (χ4v) is 3.56. The minimum Gasteiger partial charge on any atom is -0.493 e. The topological polar surface area (TPSA) is 78.2 Å². The average molecular weight is 373 g/mol. The monoisotopic (exact) mass is 373 g/mol. The fraction of sp³-hybridized carbons (Fsp3) is 0.500. The zero-order valence-corrected chi connectivity index (χ0v) is 15.4. The number of rotatable bonds is 4. The first kappa shape index (κ1) is 18.0. The number of nitrogens with zero attached hydrogens (tertiary/aromatic N) is 1. The first-order chi connectivity index (χ1) is 13.1. The van der Waals surface area contributed by atoms with E-state index in [2.05, 4.69) is 0 Å². The minimum atomic E-state index is -0.631. The number of carbonyl (C=O) groups excluding carboxylic acids is 1. The van der Waals surface area contributed by atoms with Crippen LogP contribution in [0, 0.1) is 0 Å². The molecular formula is C20H23NO6. The summed E-state index contributed by atoms with van der Waals surface area (Å²) >= 11 is 0. The molecule has 1 spiro atoms. The van der Waals surface area contributed by atoms with Crippen molar-refractivity contribution in [2.45, 2.75) is 32.0 Å². The molecule has 0 N–H and O–H groups in total. The highest BCUT2D eigenvalue weighted by atomic mass is 16.7. The summed E-state index contributed by atoms with van der Waals surface area (Å²) in [6.45, 7) is 4.77. The van der Waals surface area contributed by atoms with Crippen LogP contribution < -0.4 is 10.4 Å². The maximum Gasteiger partial charge on any atom is 0.349 e. The molecule has 1 amide bonds. The maximum absolute atomic E-state index is 12.8. The molecule has 0 saturated carbocycles. The van der Waals surface area contributed by atoms with Crippen molar-refractivity contribution in [3.05, 3.63) is 40.2 Å². The average Bonchev–Trinajstić information content (AvgIpc) is 3.13. The molecular weight excluding hydrogens is 350 g/mol. The standard InChI is InChI=1S/C20H23NO6/c1-2-9-24-15-4-3-14-12-16(19(23)27-17(14)13-15)18(22)21-7-5-20(6-8-21)25-10-11-26-20/h3-4,12-13H,2,5-11H2,1H3. The lowest BCUT2D eigenvalue weighted by molar-refractivity contribution is -0.181. The number of ether oxygens (including phenoxy) is 3. The first-order valence-corrected chi connectivity index (χ1v) is 9.38. The van der Waals surface area contributed by atoms with Gasteiger partial charge in [0.2, 0.25) is 0 Å². The molecule has 2 aliphatic rings. The van der Waals surface area contributed by atoms with Crippen molar-refractivity contribution >= 4 is 16.9 Å². The normalized spacial score (nSPS) is 18.9. The van der Waals surface area contributed by atoms with Gasteiger partial charge in [0, 0.05) is 37.4 Å². The molecule has 2 saturated heterocycles. The number of likely N-dealkylation sites (tertiary alicyclic amines) is 1. The predicted molar refractivity (Wildman–Crippen MR) is 98.0 cm³/mol. The lowest BCUT2D eigenvalue weighted by Gasteiger charge is -2.37. The second-order valence-electron chi connectivity index (χ2n) is 6.90. The van der Waals surface area contributed by atoms with Crippen molar-refractivity contribution in [2.75, 3.05) is 32.9 Å². The summed E-state index contributed by atoms with van der Waals surface area (Å²) in [6, 6.07) is 6.89. The number of piperidine rings is 1. The van der Waals surface area contributed by atoms with Gasteiger partial charge in [0.15, 0.2) is 5.79 Å². The van der Waals surface area contributed by atoms with E-state index in [0.717, 1.165) is 6.42 Å². The van der Waals surface area contributed by atoms with Crippen molar-refractivity contribution in [1.82, 2.24) is 4.90 Å². The van der Waals surface area contributed by atoms with Crippen LogP contribution >= 0.6 is 0 Å². The van der Waals surface area contributed by atoms with Gasteiger partial charge in [-0.3, -0.25) is 4.79 Å². The van der Waals surface area contributed by atoms with Crippen molar-refractivity contribution in [3.8, 4) is 5.75 Å². The highest BCUT2D eigenvalue weighted by Gasteiger charge is 2.41. The molecule has 2 aromatic rings. The molecule has 3 heterocycles. The van der Waals surface area contributed by atoms with Gasteiger partial charge in [-0.05, 0) is 24.6 Å². The van der Waals surface area contributed by atoms with Crippen LogP contribution in [0.5, 0.6) is 5.75 Å². The van der Waals surface area contributed by atoms with Crippen LogP contribution in [0.3, 0.4) is 0 Å². The number of fused-ring (bicyclic) bond motifs is 1. The highest BCUT2D eigenvalue weighted by molar-refractivity contribution is 5.96. The van der Waals surface area contributed by atoms with Crippen molar-refractivity contribution in [3.63, 3.8) is 0 Å². The molecule has 7 nitrogen and oxygen atoms in total. The number of amides is 1. The smallest absolute Gasteiger partial charge is 0.349 e. The SMILES string of the molecule is CCCOc1ccc2cc(C(=O)N3CCC4(CC3)OCCO4)c(=O)oc2c1. The molecule has 7 heteroatoms. The molecule has 0 bridgehead atoms. The van der Waals surface area contributed by atoms with Gasteiger partial charge >= 0.3 is 5.63 Å². The van der Waals surface area contributed by atoms with Crippen LogP contribution in [0.1, 0.15) is 36.5 Å². The van der Waals surface area contributed by atoms with Gasteiger partial charge in [0.05, 0.1) is 19.8 Å².